The molecule has 0 saturated carbocycles. The smallest absolute Gasteiger partial charge is 0.230 e. The number of rotatable bonds is 9. The van der Waals surface area contributed by atoms with Crippen LogP contribution in [0.5, 0.6) is 5.75 Å². The maximum Gasteiger partial charge on any atom is 0.230 e. The second-order valence-electron chi connectivity index (χ2n) is 9.94. The van der Waals surface area contributed by atoms with Gasteiger partial charge in [-0.3, -0.25) is 0 Å². The van der Waals surface area contributed by atoms with Gasteiger partial charge in [-0.15, -0.1) is 0 Å². The van der Waals surface area contributed by atoms with Gasteiger partial charge in [-0.1, -0.05) is 91.0 Å². The van der Waals surface area contributed by atoms with E-state index in [0.29, 0.717) is 0 Å². The second kappa shape index (κ2) is 11.4. The van der Waals surface area contributed by atoms with Crippen LogP contribution in [0.4, 0.5) is 0 Å². The summed E-state index contributed by atoms with van der Waals surface area (Å²) in [6.45, 7) is 1.77. The minimum absolute atomic E-state index is 0.810. The van der Waals surface area contributed by atoms with E-state index in [1.807, 2.05) is 12.1 Å². The SMILES string of the molecule is COc1ccc(/C=C/c2c3c(cc[n+]2Cc2ccccc2)c2ccccc2n3CCCc2ccccc2)cc1. The molecule has 0 radical (unpaired) electrons. The highest BCUT2D eigenvalue weighted by Gasteiger charge is 2.21. The third kappa shape index (κ3) is 5.35. The molecule has 6 aromatic rings. The van der Waals surface area contributed by atoms with Gasteiger partial charge in [-0.05, 0) is 48.2 Å². The Balaban J connectivity index is 1.48. The van der Waals surface area contributed by atoms with Crippen LogP contribution in [-0.2, 0) is 19.5 Å². The number of benzene rings is 4. The highest BCUT2D eigenvalue weighted by atomic mass is 16.5. The van der Waals surface area contributed by atoms with Crippen LogP contribution in [0.25, 0.3) is 34.0 Å². The summed E-state index contributed by atoms with van der Waals surface area (Å²) in [5.74, 6) is 0.868. The number of ether oxygens (including phenoxy) is 1. The van der Waals surface area contributed by atoms with Gasteiger partial charge in [0.25, 0.3) is 0 Å². The number of pyridine rings is 1. The fraction of sp³-hybridized carbons (Fsp3) is 0.139. The molecule has 2 aromatic heterocycles. The topological polar surface area (TPSA) is 18.0 Å². The highest BCUT2D eigenvalue weighted by Crippen LogP contribution is 2.31. The molecule has 6 rings (SSSR count). The van der Waals surface area contributed by atoms with Gasteiger partial charge < -0.3 is 9.30 Å². The van der Waals surface area contributed by atoms with Gasteiger partial charge in [-0.25, -0.2) is 0 Å². The van der Waals surface area contributed by atoms with Crippen LogP contribution in [0, 0.1) is 0 Å². The Morgan fingerprint density at radius 1 is 0.692 bits per heavy atom. The number of hydrogen-bond donors (Lipinski definition) is 0. The second-order valence-corrected chi connectivity index (χ2v) is 9.94. The van der Waals surface area contributed by atoms with Crippen molar-refractivity contribution in [2.75, 3.05) is 7.11 Å². The van der Waals surface area contributed by atoms with Crippen LogP contribution in [0.2, 0.25) is 0 Å². The number of methoxy groups -OCH3 is 1. The molecule has 0 N–H and O–H groups in total. The molecule has 0 amide bonds. The quantitative estimate of drug-likeness (QED) is 0.181. The Morgan fingerprint density at radius 2 is 1.38 bits per heavy atom. The van der Waals surface area contributed by atoms with E-state index in [1.54, 1.807) is 7.11 Å². The molecular weight excluding hydrogens is 476 g/mol. The van der Waals surface area contributed by atoms with Crippen molar-refractivity contribution in [1.82, 2.24) is 4.57 Å². The summed E-state index contributed by atoms with van der Waals surface area (Å²) in [5.41, 5.74) is 7.60. The summed E-state index contributed by atoms with van der Waals surface area (Å²) in [4.78, 5) is 0. The van der Waals surface area contributed by atoms with Gasteiger partial charge in [-0.2, -0.15) is 4.57 Å². The molecule has 0 atom stereocenters. The zero-order chi connectivity index (χ0) is 26.4. The predicted molar refractivity (Wildman–Crippen MR) is 162 cm³/mol. The van der Waals surface area contributed by atoms with Crippen molar-refractivity contribution >= 4 is 34.0 Å². The normalized spacial score (nSPS) is 11.5. The average Bonchev–Trinajstić information content (AvgIpc) is 3.31. The third-order valence-corrected chi connectivity index (χ3v) is 7.42. The Morgan fingerprint density at radius 3 is 2.13 bits per heavy atom. The first-order valence-electron chi connectivity index (χ1n) is 13.6. The Bertz CT molecular complexity index is 1720. The summed E-state index contributed by atoms with van der Waals surface area (Å²) < 4.78 is 10.3. The summed E-state index contributed by atoms with van der Waals surface area (Å²) in [7, 11) is 1.70. The largest absolute Gasteiger partial charge is 0.497 e. The predicted octanol–water partition coefficient (Wildman–Crippen LogP) is 7.94. The monoisotopic (exact) mass is 509 g/mol. The number of aryl methyl sites for hydroxylation is 2. The summed E-state index contributed by atoms with van der Waals surface area (Å²) in [6.07, 6.45) is 8.86. The molecule has 0 fully saturated rings. The lowest BCUT2D eigenvalue weighted by atomic mass is 10.1. The van der Waals surface area contributed by atoms with E-state index in [2.05, 4.69) is 131 Å². The fourth-order valence-corrected chi connectivity index (χ4v) is 5.46. The zero-order valence-electron chi connectivity index (χ0n) is 22.3. The van der Waals surface area contributed by atoms with Crippen LogP contribution in [-0.4, -0.2) is 11.7 Å². The molecule has 3 heteroatoms. The first-order chi connectivity index (χ1) is 19.3. The van der Waals surface area contributed by atoms with E-state index in [4.69, 9.17) is 4.74 Å². The molecule has 0 aliphatic rings. The van der Waals surface area contributed by atoms with Gasteiger partial charge in [0.15, 0.2) is 12.7 Å². The van der Waals surface area contributed by atoms with Crippen molar-refractivity contribution in [3.8, 4) is 5.75 Å². The first kappa shape index (κ1) is 24.7. The fourth-order valence-electron chi connectivity index (χ4n) is 5.46. The molecule has 192 valence electrons. The standard InChI is InChI=1S/C36H33N2O/c1-39-31-21-18-29(19-22-31)20-23-35-36-33(24-26-37(35)27-30-13-6-3-7-14-30)32-16-8-9-17-34(32)38(36)25-10-15-28-11-4-2-5-12-28/h2-9,11-14,16-24,26H,10,15,25,27H2,1H3/q+1/b23-20+. The number of para-hydroxylation sites is 1. The molecule has 2 heterocycles. The van der Waals surface area contributed by atoms with E-state index in [0.717, 1.165) is 37.2 Å². The molecule has 0 bridgehead atoms. The molecule has 0 saturated heterocycles. The van der Waals surface area contributed by atoms with Gasteiger partial charge in [0, 0.05) is 40.5 Å². The lowest BCUT2D eigenvalue weighted by molar-refractivity contribution is -0.688. The number of aromatic nitrogens is 2. The van der Waals surface area contributed by atoms with Crippen molar-refractivity contribution in [3.63, 3.8) is 0 Å². The van der Waals surface area contributed by atoms with Crippen LogP contribution < -0.4 is 9.30 Å². The molecular formula is C36H33N2O+. The lowest BCUT2D eigenvalue weighted by Crippen LogP contribution is -2.37. The Kier molecular flexibility index (Phi) is 7.22. The molecule has 39 heavy (non-hydrogen) atoms. The van der Waals surface area contributed by atoms with E-state index >= 15 is 0 Å². The molecule has 0 unspecified atom stereocenters. The number of fused-ring (bicyclic) bond motifs is 3. The Hall–Kier alpha value is -4.63. The van der Waals surface area contributed by atoms with Gasteiger partial charge in [0.2, 0.25) is 5.69 Å². The lowest BCUT2D eigenvalue weighted by Gasteiger charge is -2.10. The van der Waals surface area contributed by atoms with Crippen LogP contribution in [0.15, 0.2) is 121 Å². The molecule has 0 aliphatic carbocycles. The maximum absolute atomic E-state index is 5.36. The molecule has 0 aliphatic heterocycles. The zero-order valence-corrected chi connectivity index (χ0v) is 22.3. The first-order valence-corrected chi connectivity index (χ1v) is 13.6. The minimum atomic E-state index is 0.810. The van der Waals surface area contributed by atoms with Crippen molar-refractivity contribution in [2.24, 2.45) is 0 Å². The van der Waals surface area contributed by atoms with Crippen molar-refractivity contribution in [2.45, 2.75) is 25.9 Å². The summed E-state index contributed by atoms with van der Waals surface area (Å²) in [6, 6.07) is 40.8. The summed E-state index contributed by atoms with van der Waals surface area (Å²) in [5, 5.41) is 2.60. The third-order valence-electron chi connectivity index (χ3n) is 7.42. The van der Waals surface area contributed by atoms with Gasteiger partial charge in [0.1, 0.15) is 11.3 Å². The van der Waals surface area contributed by atoms with Crippen LogP contribution in [0.3, 0.4) is 0 Å². The Labute approximate surface area is 230 Å². The maximum atomic E-state index is 5.36. The highest BCUT2D eigenvalue weighted by molar-refractivity contribution is 6.09. The van der Waals surface area contributed by atoms with Crippen LogP contribution >= 0.6 is 0 Å². The van der Waals surface area contributed by atoms with E-state index < -0.39 is 0 Å². The van der Waals surface area contributed by atoms with E-state index in [9.17, 15) is 0 Å². The average molecular weight is 510 g/mol. The van der Waals surface area contributed by atoms with Crippen molar-refractivity contribution in [1.29, 1.82) is 0 Å². The minimum Gasteiger partial charge on any atom is -0.497 e. The van der Waals surface area contributed by atoms with Crippen LogP contribution in [0.1, 0.15) is 28.8 Å². The van der Waals surface area contributed by atoms with Crippen molar-refractivity contribution < 1.29 is 9.30 Å². The molecule has 4 aromatic carbocycles. The van der Waals surface area contributed by atoms with E-state index in [-0.39, 0.29) is 0 Å². The number of hydrogen-bond acceptors (Lipinski definition) is 1. The number of nitrogens with zero attached hydrogens (tertiary/aromatic N) is 2. The van der Waals surface area contributed by atoms with E-state index in [1.165, 1.54) is 38.6 Å². The van der Waals surface area contributed by atoms with Gasteiger partial charge >= 0.3 is 0 Å². The van der Waals surface area contributed by atoms with Crippen molar-refractivity contribution in [3.05, 3.63) is 144 Å². The summed E-state index contributed by atoms with van der Waals surface area (Å²) >= 11 is 0. The molecule has 3 nitrogen and oxygen atoms in total. The van der Waals surface area contributed by atoms with Gasteiger partial charge in [0.05, 0.1) is 7.11 Å². The molecule has 0 spiro atoms.